The van der Waals surface area contributed by atoms with Crippen molar-refractivity contribution in [3.8, 4) is 0 Å². The molecule has 0 aliphatic heterocycles. The van der Waals surface area contributed by atoms with Crippen molar-refractivity contribution in [2.24, 2.45) is 0 Å². The Hall–Kier alpha value is -0.960. The molecule has 0 amide bonds. The molecule has 1 aromatic rings. The topological polar surface area (TPSA) is 24.9 Å². The van der Waals surface area contributed by atoms with Gasteiger partial charge in [0, 0.05) is 12.2 Å². The Kier molecular flexibility index (Phi) is 3.88. The second kappa shape index (κ2) is 5.39. The van der Waals surface area contributed by atoms with Crippen LogP contribution in [-0.4, -0.2) is 17.6 Å². The Balaban J connectivity index is 1.96. The molecule has 2 rings (SSSR count). The van der Waals surface area contributed by atoms with Gasteiger partial charge in [0.25, 0.3) is 0 Å². The second-order valence-corrected chi connectivity index (χ2v) is 4.56. The molecule has 0 spiro atoms. The van der Waals surface area contributed by atoms with Crippen molar-refractivity contribution in [1.82, 2.24) is 10.3 Å². The number of nitrogens with zero attached hydrogens (tertiary/aromatic N) is 1. The highest BCUT2D eigenvalue weighted by Gasteiger charge is 2.26. The summed E-state index contributed by atoms with van der Waals surface area (Å²) in [5.74, 6) is 0.223. The maximum absolute atomic E-state index is 13.5. The van der Waals surface area contributed by atoms with Gasteiger partial charge >= 0.3 is 0 Å². The highest BCUT2D eigenvalue weighted by Crippen LogP contribution is 2.35. The zero-order valence-corrected chi connectivity index (χ0v) is 9.75. The van der Waals surface area contributed by atoms with Gasteiger partial charge in [0.15, 0.2) is 0 Å². The molecule has 1 aliphatic carbocycles. The molecule has 3 heteroatoms. The van der Waals surface area contributed by atoms with Crippen LogP contribution in [0.5, 0.6) is 0 Å². The number of hydrogen-bond acceptors (Lipinski definition) is 2. The first-order valence-electron chi connectivity index (χ1n) is 6.14. The lowest BCUT2D eigenvalue weighted by atomic mass is 9.98. The summed E-state index contributed by atoms with van der Waals surface area (Å²) in [4.78, 5) is 3.79. The summed E-state index contributed by atoms with van der Waals surface area (Å²) in [5, 5.41) is 3.51. The van der Waals surface area contributed by atoms with Gasteiger partial charge in [0.2, 0.25) is 0 Å². The van der Waals surface area contributed by atoms with E-state index < -0.39 is 0 Å². The quantitative estimate of drug-likeness (QED) is 0.847. The molecule has 1 fully saturated rings. The van der Waals surface area contributed by atoms with Gasteiger partial charge in [-0.2, -0.15) is 0 Å². The fourth-order valence-electron chi connectivity index (χ4n) is 2.51. The Bertz CT molecular complexity index is 340. The highest BCUT2D eigenvalue weighted by molar-refractivity contribution is 5.19. The van der Waals surface area contributed by atoms with Crippen molar-refractivity contribution < 1.29 is 4.39 Å². The lowest BCUT2D eigenvalue weighted by Gasteiger charge is -2.13. The molecular formula is C13H19FN2. The lowest BCUT2D eigenvalue weighted by Crippen LogP contribution is -2.26. The Morgan fingerprint density at radius 2 is 2.38 bits per heavy atom. The first kappa shape index (κ1) is 11.5. The zero-order chi connectivity index (χ0) is 11.4. The van der Waals surface area contributed by atoms with Gasteiger partial charge in [-0.1, -0.05) is 6.92 Å². The summed E-state index contributed by atoms with van der Waals surface area (Å²) in [5.41, 5.74) is 0.843. The summed E-state index contributed by atoms with van der Waals surface area (Å²) in [6.07, 6.45) is 7.47. The SMILES string of the molecule is CCCNC1CCC(c2ccncc2F)C1. The molecule has 88 valence electrons. The third-order valence-corrected chi connectivity index (χ3v) is 3.36. The minimum atomic E-state index is -0.149. The minimum absolute atomic E-state index is 0.149. The van der Waals surface area contributed by atoms with Crippen LogP contribution in [-0.2, 0) is 0 Å². The average Bonchev–Trinajstić information content (AvgIpc) is 2.75. The van der Waals surface area contributed by atoms with Crippen LogP contribution in [0.2, 0.25) is 0 Å². The normalized spacial score (nSPS) is 24.9. The third kappa shape index (κ3) is 2.59. The fraction of sp³-hybridized carbons (Fsp3) is 0.615. The van der Waals surface area contributed by atoms with E-state index in [4.69, 9.17) is 0 Å². The van der Waals surface area contributed by atoms with E-state index in [2.05, 4.69) is 17.2 Å². The first-order valence-corrected chi connectivity index (χ1v) is 6.14. The molecule has 2 unspecified atom stereocenters. The lowest BCUT2D eigenvalue weighted by molar-refractivity contribution is 0.511. The molecule has 16 heavy (non-hydrogen) atoms. The Morgan fingerprint density at radius 3 is 3.12 bits per heavy atom. The van der Waals surface area contributed by atoms with E-state index in [0.717, 1.165) is 37.8 Å². The second-order valence-electron chi connectivity index (χ2n) is 4.56. The number of hydrogen-bond donors (Lipinski definition) is 1. The molecule has 0 saturated heterocycles. The molecule has 2 nitrogen and oxygen atoms in total. The molecule has 0 bridgehead atoms. The molecule has 0 radical (unpaired) electrons. The molecule has 0 aromatic carbocycles. The molecule has 1 heterocycles. The highest BCUT2D eigenvalue weighted by atomic mass is 19.1. The van der Waals surface area contributed by atoms with E-state index in [0.29, 0.717) is 12.0 Å². The van der Waals surface area contributed by atoms with Crippen LogP contribution in [0.15, 0.2) is 18.5 Å². The third-order valence-electron chi connectivity index (χ3n) is 3.36. The summed E-state index contributed by atoms with van der Waals surface area (Å²) < 4.78 is 13.5. The summed E-state index contributed by atoms with van der Waals surface area (Å²) >= 11 is 0. The summed E-state index contributed by atoms with van der Waals surface area (Å²) in [6, 6.07) is 2.39. The van der Waals surface area contributed by atoms with Gasteiger partial charge < -0.3 is 5.32 Å². The van der Waals surface area contributed by atoms with Crippen LogP contribution in [0.25, 0.3) is 0 Å². The summed E-state index contributed by atoms with van der Waals surface area (Å²) in [6.45, 7) is 3.23. The zero-order valence-electron chi connectivity index (χ0n) is 9.75. The van der Waals surface area contributed by atoms with Crippen LogP contribution < -0.4 is 5.32 Å². The molecule has 1 aromatic heterocycles. The first-order chi connectivity index (χ1) is 7.81. The van der Waals surface area contributed by atoms with E-state index in [1.54, 1.807) is 6.20 Å². The van der Waals surface area contributed by atoms with E-state index in [-0.39, 0.29) is 5.82 Å². The number of rotatable bonds is 4. The van der Waals surface area contributed by atoms with E-state index >= 15 is 0 Å². The van der Waals surface area contributed by atoms with Crippen LogP contribution in [0.4, 0.5) is 4.39 Å². The van der Waals surface area contributed by atoms with Crippen molar-refractivity contribution >= 4 is 0 Å². The predicted octanol–water partition coefficient (Wildman–Crippen LogP) is 2.86. The van der Waals surface area contributed by atoms with Gasteiger partial charge in [-0.15, -0.1) is 0 Å². The van der Waals surface area contributed by atoms with Crippen molar-refractivity contribution in [2.45, 2.75) is 44.6 Å². The molecular weight excluding hydrogens is 203 g/mol. The number of halogens is 1. The van der Waals surface area contributed by atoms with Gasteiger partial charge in [0.05, 0.1) is 6.20 Å². The number of pyridine rings is 1. The van der Waals surface area contributed by atoms with Gasteiger partial charge in [-0.3, -0.25) is 4.98 Å². The van der Waals surface area contributed by atoms with Crippen LogP contribution >= 0.6 is 0 Å². The van der Waals surface area contributed by atoms with Gasteiger partial charge in [-0.25, -0.2) is 4.39 Å². The molecule has 1 N–H and O–H groups in total. The number of nitrogens with one attached hydrogen (secondary N) is 1. The van der Waals surface area contributed by atoms with Crippen molar-refractivity contribution in [2.75, 3.05) is 6.54 Å². The average molecular weight is 222 g/mol. The van der Waals surface area contributed by atoms with E-state index in [1.807, 2.05) is 6.07 Å². The predicted molar refractivity (Wildman–Crippen MR) is 62.9 cm³/mol. The largest absolute Gasteiger partial charge is 0.314 e. The van der Waals surface area contributed by atoms with Crippen molar-refractivity contribution in [3.05, 3.63) is 29.8 Å². The smallest absolute Gasteiger partial charge is 0.144 e. The molecule has 1 aliphatic rings. The Labute approximate surface area is 96.3 Å². The van der Waals surface area contributed by atoms with Crippen LogP contribution in [0.3, 0.4) is 0 Å². The van der Waals surface area contributed by atoms with E-state index in [9.17, 15) is 4.39 Å². The monoisotopic (exact) mass is 222 g/mol. The fourth-order valence-corrected chi connectivity index (χ4v) is 2.51. The molecule has 2 atom stereocenters. The summed E-state index contributed by atoms with van der Waals surface area (Å²) in [7, 11) is 0. The van der Waals surface area contributed by atoms with Crippen LogP contribution in [0, 0.1) is 5.82 Å². The number of aromatic nitrogens is 1. The van der Waals surface area contributed by atoms with Crippen molar-refractivity contribution in [1.29, 1.82) is 0 Å². The van der Waals surface area contributed by atoms with Gasteiger partial charge in [0.1, 0.15) is 5.82 Å². The maximum atomic E-state index is 13.5. The standard InChI is InChI=1S/C13H19FN2/c1-2-6-16-11-4-3-10(8-11)12-5-7-15-9-13(12)14/h5,7,9-11,16H,2-4,6,8H2,1H3. The molecule has 1 saturated carbocycles. The van der Waals surface area contributed by atoms with Crippen LogP contribution in [0.1, 0.15) is 44.1 Å². The van der Waals surface area contributed by atoms with Crippen molar-refractivity contribution in [3.63, 3.8) is 0 Å². The minimum Gasteiger partial charge on any atom is -0.314 e. The maximum Gasteiger partial charge on any atom is 0.144 e. The van der Waals surface area contributed by atoms with E-state index in [1.165, 1.54) is 6.20 Å². The van der Waals surface area contributed by atoms with Gasteiger partial charge in [-0.05, 0) is 49.8 Å². The Morgan fingerprint density at radius 1 is 1.50 bits per heavy atom.